The Hall–Kier alpha value is -5.93. The van der Waals surface area contributed by atoms with Gasteiger partial charge in [-0.15, -0.1) is 0 Å². The Morgan fingerprint density at radius 2 is 1.12 bits per heavy atom. The van der Waals surface area contributed by atoms with Crippen LogP contribution in [-0.2, 0) is 29.6 Å². The number of rotatable bonds is 12. The van der Waals surface area contributed by atoms with Gasteiger partial charge in [-0.25, -0.2) is 54.0 Å². The van der Waals surface area contributed by atoms with Gasteiger partial charge in [-0.2, -0.15) is 10.2 Å². The lowest BCUT2D eigenvalue weighted by Crippen LogP contribution is -2.35. The number of anilines is 2. The van der Waals surface area contributed by atoms with Crippen molar-refractivity contribution in [2.45, 2.75) is 28.1 Å². The normalized spacial score (nSPS) is 13.0. The van der Waals surface area contributed by atoms with Crippen LogP contribution in [0.2, 0.25) is 5.02 Å². The summed E-state index contributed by atoms with van der Waals surface area (Å²) in [5.41, 5.74) is -2.28. The molecule has 2 atom stereocenters. The van der Waals surface area contributed by atoms with Crippen LogP contribution in [-0.4, -0.2) is 48.2 Å². The second-order valence-electron chi connectivity index (χ2n) is 12.0. The molecular weight excluding hydrogens is 804 g/mol. The first-order chi connectivity index (χ1) is 26.4. The lowest BCUT2D eigenvalue weighted by Gasteiger charge is -2.28. The smallest absolute Gasteiger partial charge is 0.264 e. The van der Waals surface area contributed by atoms with E-state index in [1.807, 2.05) is 0 Å². The number of amides is 2. The quantitative estimate of drug-likeness (QED) is 0.118. The number of benzene rings is 4. The van der Waals surface area contributed by atoms with E-state index in [-0.39, 0.29) is 27.8 Å². The Balaban J connectivity index is 1.48. The van der Waals surface area contributed by atoms with Gasteiger partial charge in [0.2, 0.25) is 31.9 Å². The van der Waals surface area contributed by atoms with Crippen molar-refractivity contribution >= 4 is 54.8 Å². The predicted molar refractivity (Wildman–Crippen MR) is 195 cm³/mol. The van der Waals surface area contributed by atoms with E-state index < -0.39 is 88.2 Å². The largest absolute Gasteiger partial charge is 0.325 e. The molecule has 6 aromatic rings. The molecule has 0 radical (unpaired) electrons. The molecule has 0 saturated heterocycles. The van der Waals surface area contributed by atoms with Gasteiger partial charge in [0.15, 0.2) is 5.82 Å². The molecular formula is C35H27ClF4N8O6S2. The summed E-state index contributed by atoms with van der Waals surface area (Å²) in [6.45, 7) is 0. The molecule has 2 aromatic heterocycles. The molecule has 0 aliphatic heterocycles. The molecule has 0 aliphatic carbocycles. The van der Waals surface area contributed by atoms with Crippen molar-refractivity contribution < 1.29 is 44.0 Å². The molecule has 0 fully saturated rings. The minimum absolute atomic E-state index is 0.0614. The van der Waals surface area contributed by atoms with Crippen LogP contribution in [0.15, 0.2) is 120 Å². The summed E-state index contributed by atoms with van der Waals surface area (Å²) in [5.74, 6) is -8.09. The Morgan fingerprint density at radius 3 is 1.57 bits per heavy atom. The Morgan fingerprint density at radius 1 is 0.661 bits per heavy atom. The predicted octanol–water partition coefficient (Wildman–Crippen LogP) is 5.37. The van der Waals surface area contributed by atoms with Gasteiger partial charge in [0.25, 0.3) is 6.43 Å². The van der Waals surface area contributed by atoms with Gasteiger partial charge in [-0.3, -0.25) is 9.59 Å². The number of hydrogen-bond donors (Lipinski definition) is 4. The molecule has 14 nitrogen and oxygen atoms in total. The van der Waals surface area contributed by atoms with Crippen LogP contribution in [0.3, 0.4) is 0 Å². The van der Waals surface area contributed by atoms with Crippen LogP contribution in [0.5, 0.6) is 0 Å². The molecule has 2 heterocycles. The molecule has 0 bridgehead atoms. The Labute approximate surface area is 320 Å². The second kappa shape index (κ2) is 15.7. The molecule has 6 rings (SSSR count). The number of nitrogens with two attached hydrogens (primary N) is 2. The Kier molecular flexibility index (Phi) is 11.1. The number of nitrogens with zero attached hydrogens (tertiary/aromatic N) is 4. The molecule has 4 aromatic carbocycles. The summed E-state index contributed by atoms with van der Waals surface area (Å²) < 4.78 is 111. The first kappa shape index (κ1) is 39.8. The zero-order valence-electron chi connectivity index (χ0n) is 28.2. The van der Waals surface area contributed by atoms with Crippen LogP contribution >= 0.6 is 11.6 Å². The summed E-state index contributed by atoms with van der Waals surface area (Å²) >= 11 is 5.95. The molecule has 0 saturated carbocycles. The number of sulfonamides is 2. The van der Waals surface area contributed by atoms with Gasteiger partial charge in [-0.1, -0.05) is 54.1 Å². The van der Waals surface area contributed by atoms with Crippen LogP contribution in [0.4, 0.5) is 28.9 Å². The maximum Gasteiger partial charge on any atom is 0.264 e. The van der Waals surface area contributed by atoms with Crippen molar-refractivity contribution in [2.75, 3.05) is 10.6 Å². The van der Waals surface area contributed by atoms with Gasteiger partial charge in [0.05, 0.1) is 46.8 Å². The highest BCUT2D eigenvalue weighted by atomic mass is 35.5. The fraction of sp³-hybridized carbons (Fsp3) is 0.0857. The van der Waals surface area contributed by atoms with Gasteiger partial charge in [-0.05, 0) is 48.0 Å². The fourth-order valence-electron chi connectivity index (χ4n) is 5.99. The number of carbonyl (C=O) groups excluding carboxylic acids is 2. The molecule has 2 unspecified atom stereocenters. The maximum atomic E-state index is 15.7. The van der Waals surface area contributed by atoms with Gasteiger partial charge >= 0.3 is 0 Å². The number of aromatic nitrogens is 4. The lowest BCUT2D eigenvalue weighted by molar-refractivity contribution is -0.124. The van der Waals surface area contributed by atoms with E-state index in [4.69, 9.17) is 21.9 Å². The van der Waals surface area contributed by atoms with Gasteiger partial charge in [0, 0.05) is 28.7 Å². The maximum absolute atomic E-state index is 15.7. The molecule has 6 N–H and O–H groups in total. The van der Waals surface area contributed by atoms with E-state index in [2.05, 4.69) is 20.8 Å². The second-order valence-corrected chi connectivity index (χ2v) is 15.5. The van der Waals surface area contributed by atoms with E-state index in [9.17, 15) is 39.6 Å². The molecule has 2 amide bonds. The summed E-state index contributed by atoms with van der Waals surface area (Å²) in [6.07, 6.45) is 0.994. The van der Waals surface area contributed by atoms with Crippen LogP contribution in [0, 0.1) is 11.6 Å². The number of hydrogen-bond acceptors (Lipinski definition) is 8. The fourth-order valence-corrected chi connectivity index (χ4v) is 7.61. The third-order valence-corrected chi connectivity index (χ3v) is 10.4. The van der Waals surface area contributed by atoms with Crippen molar-refractivity contribution in [3.63, 3.8) is 0 Å². The first-order valence-electron chi connectivity index (χ1n) is 15.9. The molecule has 290 valence electrons. The number of alkyl halides is 2. The van der Waals surface area contributed by atoms with E-state index in [1.54, 1.807) is 0 Å². The summed E-state index contributed by atoms with van der Waals surface area (Å²) in [5, 5.41) is 23.7. The standard InChI is InChI=1S/C35H27ClF4N8O6S2/c36-19-15-43-47(17-19)27-11-9-22(13-29(27)55(41,51)52)46-35(50)32(25-7-3-4-8-26(25)38)31(23-5-1-2-6-24(23)33(39)40)34(49)45-21-10-12-28(30(14-21)56(42,53)54)48-18-20(37)16-44-48/h1-18,31-33H,(H,45,49)(H,46,50)(H2,41,51,52)(H2,42,53,54). The average molecular weight is 831 g/mol. The Bertz CT molecular complexity index is 2710. The minimum Gasteiger partial charge on any atom is -0.325 e. The number of carbonyl (C=O) groups is 2. The zero-order valence-corrected chi connectivity index (χ0v) is 30.6. The van der Waals surface area contributed by atoms with E-state index in [1.165, 1.54) is 54.9 Å². The van der Waals surface area contributed by atoms with Crippen LogP contribution in [0.25, 0.3) is 11.4 Å². The van der Waals surface area contributed by atoms with E-state index in [0.29, 0.717) is 0 Å². The highest BCUT2D eigenvalue weighted by Crippen LogP contribution is 2.41. The SMILES string of the molecule is NS(=O)(=O)c1cc(NC(=O)C(c2ccccc2F)C(C(=O)Nc2ccc(-n3cc(F)cn3)c(S(N)(=O)=O)c2)c2ccccc2C(F)F)ccc1-n1cc(Cl)cn1. The van der Waals surface area contributed by atoms with Crippen molar-refractivity contribution in [1.82, 2.24) is 19.6 Å². The van der Waals surface area contributed by atoms with Crippen LogP contribution < -0.4 is 20.9 Å². The zero-order chi connectivity index (χ0) is 40.5. The minimum atomic E-state index is -4.58. The van der Waals surface area contributed by atoms with Gasteiger partial charge in [0.1, 0.15) is 15.6 Å². The van der Waals surface area contributed by atoms with Crippen molar-refractivity contribution in [3.8, 4) is 11.4 Å². The van der Waals surface area contributed by atoms with Gasteiger partial charge < -0.3 is 10.6 Å². The third kappa shape index (κ3) is 8.48. The summed E-state index contributed by atoms with van der Waals surface area (Å²) in [4.78, 5) is 27.7. The monoisotopic (exact) mass is 830 g/mol. The van der Waals surface area contributed by atoms with Crippen molar-refractivity contribution in [1.29, 1.82) is 0 Å². The third-order valence-electron chi connectivity index (χ3n) is 8.37. The first-order valence-corrected chi connectivity index (χ1v) is 19.4. The van der Waals surface area contributed by atoms with Crippen LogP contribution in [0.1, 0.15) is 35.0 Å². The summed E-state index contributed by atoms with van der Waals surface area (Å²) in [6, 6.07) is 16.1. The highest BCUT2D eigenvalue weighted by Gasteiger charge is 2.40. The average Bonchev–Trinajstić information content (AvgIpc) is 3.78. The molecule has 56 heavy (non-hydrogen) atoms. The van der Waals surface area contributed by atoms with E-state index in [0.717, 1.165) is 64.2 Å². The van der Waals surface area contributed by atoms with E-state index >= 15 is 4.39 Å². The number of primary sulfonamides is 2. The molecule has 0 spiro atoms. The number of nitrogens with one attached hydrogen (secondary N) is 2. The highest BCUT2D eigenvalue weighted by molar-refractivity contribution is 7.89. The van der Waals surface area contributed by atoms with Crippen molar-refractivity contribution in [3.05, 3.63) is 143 Å². The van der Waals surface area contributed by atoms with Crippen molar-refractivity contribution in [2.24, 2.45) is 10.3 Å². The molecule has 0 aliphatic rings. The summed E-state index contributed by atoms with van der Waals surface area (Å²) in [7, 11) is -9.08. The molecule has 21 heteroatoms. The lowest BCUT2D eigenvalue weighted by atomic mass is 9.78. The number of halogens is 5. The topological polar surface area (TPSA) is 214 Å².